The molecule has 8 heteroatoms. The van der Waals surface area contributed by atoms with Gasteiger partial charge >= 0.3 is 6.18 Å². The second-order valence-corrected chi connectivity index (χ2v) is 7.47. The number of benzene rings is 2. The fourth-order valence-electron chi connectivity index (χ4n) is 3.30. The number of hydrogen-bond donors (Lipinski definition) is 2. The van der Waals surface area contributed by atoms with Crippen LogP contribution >= 0.6 is 11.6 Å². The van der Waals surface area contributed by atoms with Gasteiger partial charge in [-0.2, -0.15) is 13.2 Å². The van der Waals surface area contributed by atoms with E-state index in [0.717, 1.165) is 17.7 Å². The van der Waals surface area contributed by atoms with Crippen molar-refractivity contribution in [2.45, 2.75) is 31.1 Å². The Labute approximate surface area is 183 Å². The van der Waals surface area contributed by atoms with E-state index >= 15 is 0 Å². The van der Waals surface area contributed by atoms with Crippen LogP contribution in [0, 0.1) is 0 Å². The Morgan fingerprint density at radius 3 is 2.26 bits per heavy atom. The number of aryl methyl sites for hydroxylation is 1. The van der Waals surface area contributed by atoms with Crippen molar-refractivity contribution in [2.24, 2.45) is 5.73 Å². The van der Waals surface area contributed by atoms with Crippen LogP contribution in [-0.4, -0.2) is 10.9 Å². The molecule has 0 aliphatic rings. The molecular formula is C23H21ClF3N3O. The first kappa shape index (κ1) is 22.8. The van der Waals surface area contributed by atoms with Gasteiger partial charge in [-0.05, 0) is 48.2 Å². The van der Waals surface area contributed by atoms with E-state index < -0.39 is 29.7 Å². The molecule has 0 fully saturated rings. The van der Waals surface area contributed by atoms with Crippen LogP contribution in [0.5, 0.6) is 0 Å². The first-order valence-electron chi connectivity index (χ1n) is 9.63. The van der Waals surface area contributed by atoms with Crippen molar-refractivity contribution in [3.05, 3.63) is 100 Å². The number of rotatable bonds is 8. The first-order valence-corrected chi connectivity index (χ1v) is 10.0. The summed E-state index contributed by atoms with van der Waals surface area (Å²) in [5.41, 5.74) is 6.99. The Hall–Kier alpha value is -2.90. The number of hydrogen-bond acceptors (Lipinski definition) is 3. The predicted molar refractivity (Wildman–Crippen MR) is 113 cm³/mol. The lowest BCUT2D eigenvalue weighted by molar-refractivity contribution is -0.137. The summed E-state index contributed by atoms with van der Waals surface area (Å²) in [7, 11) is 0. The monoisotopic (exact) mass is 447 g/mol. The second-order valence-electron chi connectivity index (χ2n) is 7.08. The molecular weight excluding hydrogens is 427 g/mol. The molecule has 4 nitrogen and oxygen atoms in total. The Balaban J connectivity index is 1.82. The number of nitrogens with one attached hydrogen (secondary N) is 1. The fourth-order valence-corrected chi connectivity index (χ4v) is 3.47. The van der Waals surface area contributed by atoms with Gasteiger partial charge in [0.2, 0.25) is 5.91 Å². The van der Waals surface area contributed by atoms with Crippen molar-refractivity contribution >= 4 is 17.5 Å². The smallest absolute Gasteiger partial charge is 0.368 e. The van der Waals surface area contributed by atoms with Crippen molar-refractivity contribution < 1.29 is 18.0 Å². The number of amides is 1. The number of nitrogens with zero attached hydrogens (tertiary/aromatic N) is 1. The normalized spacial score (nSPS) is 13.5. The van der Waals surface area contributed by atoms with Crippen LogP contribution in [0.15, 0.2) is 72.8 Å². The van der Waals surface area contributed by atoms with Crippen LogP contribution in [-0.2, 0) is 17.4 Å². The molecule has 0 bridgehead atoms. The number of aromatic nitrogens is 1. The van der Waals surface area contributed by atoms with Gasteiger partial charge in [0.25, 0.3) is 0 Å². The van der Waals surface area contributed by atoms with E-state index in [4.69, 9.17) is 17.3 Å². The Morgan fingerprint density at radius 1 is 1.00 bits per heavy atom. The van der Waals surface area contributed by atoms with Gasteiger partial charge in [-0.1, -0.05) is 60.1 Å². The minimum Gasteiger partial charge on any atom is -0.368 e. The van der Waals surface area contributed by atoms with E-state index in [1.54, 1.807) is 30.3 Å². The van der Waals surface area contributed by atoms with Crippen LogP contribution in [0.2, 0.25) is 5.15 Å². The molecule has 1 heterocycles. The molecule has 0 saturated carbocycles. The van der Waals surface area contributed by atoms with E-state index in [9.17, 15) is 18.0 Å². The zero-order chi connectivity index (χ0) is 22.4. The Bertz CT molecular complexity index is 1010. The minimum atomic E-state index is -4.38. The minimum absolute atomic E-state index is 0.300. The average molecular weight is 448 g/mol. The molecule has 0 aliphatic carbocycles. The summed E-state index contributed by atoms with van der Waals surface area (Å²) in [5.74, 6) is -0.548. The number of alkyl halides is 3. The van der Waals surface area contributed by atoms with Gasteiger partial charge in [0.1, 0.15) is 11.2 Å². The maximum Gasteiger partial charge on any atom is 0.416 e. The first-order chi connectivity index (χ1) is 14.7. The van der Waals surface area contributed by atoms with E-state index in [1.807, 2.05) is 18.2 Å². The molecule has 31 heavy (non-hydrogen) atoms. The molecule has 162 valence electrons. The van der Waals surface area contributed by atoms with Crippen molar-refractivity contribution in [1.29, 1.82) is 0 Å². The Kier molecular flexibility index (Phi) is 7.30. The zero-order valence-corrected chi connectivity index (χ0v) is 17.2. The van der Waals surface area contributed by atoms with Gasteiger partial charge in [-0.25, -0.2) is 4.98 Å². The van der Waals surface area contributed by atoms with Crippen LogP contribution in [0.1, 0.15) is 40.9 Å². The number of primary amides is 1. The summed E-state index contributed by atoms with van der Waals surface area (Å²) in [5, 5.41) is 3.54. The summed E-state index contributed by atoms with van der Waals surface area (Å²) in [6.07, 6.45) is -3.45. The lowest BCUT2D eigenvalue weighted by atomic mass is 9.98. The van der Waals surface area contributed by atoms with Crippen molar-refractivity contribution in [3.63, 3.8) is 0 Å². The molecule has 0 aliphatic heterocycles. The van der Waals surface area contributed by atoms with Crippen LogP contribution < -0.4 is 11.1 Å². The van der Waals surface area contributed by atoms with E-state index in [2.05, 4.69) is 10.3 Å². The van der Waals surface area contributed by atoms with Gasteiger partial charge in [0, 0.05) is 0 Å². The molecule has 0 radical (unpaired) electrons. The lowest BCUT2D eigenvalue weighted by Gasteiger charge is -2.24. The molecule has 3 N–H and O–H groups in total. The quantitative estimate of drug-likeness (QED) is 0.464. The van der Waals surface area contributed by atoms with E-state index in [1.165, 1.54) is 12.1 Å². The van der Waals surface area contributed by atoms with Gasteiger partial charge in [0.15, 0.2) is 0 Å². The zero-order valence-electron chi connectivity index (χ0n) is 16.4. The SMILES string of the molecule is NC(=O)C(NC(CCc1ccc(C(F)(F)F)cc1)c1cccc(Cl)n1)c1ccccc1. The molecule has 0 spiro atoms. The third kappa shape index (κ3) is 6.29. The summed E-state index contributed by atoms with van der Waals surface area (Å²) in [4.78, 5) is 16.5. The number of carbonyl (C=O) groups is 1. The summed E-state index contributed by atoms with van der Waals surface area (Å²) < 4.78 is 38.4. The van der Waals surface area contributed by atoms with Crippen molar-refractivity contribution in [1.82, 2.24) is 10.3 Å². The third-order valence-corrected chi connectivity index (χ3v) is 5.09. The van der Waals surface area contributed by atoms with Gasteiger partial charge < -0.3 is 5.73 Å². The second kappa shape index (κ2) is 9.94. The van der Waals surface area contributed by atoms with Gasteiger partial charge in [-0.15, -0.1) is 0 Å². The van der Waals surface area contributed by atoms with Crippen LogP contribution in [0.3, 0.4) is 0 Å². The van der Waals surface area contributed by atoms with Crippen LogP contribution in [0.4, 0.5) is 13.2 Å². The number of pyridine rings is 1. The van der Waals surface area contributed by atoms with Crippen LogP contribution in [0.25, 0.3) is 0 Å². The molecule has 3 rings (SSSR count). The Morgan fingerprint density at radius 2 is 1.68 bits per heavy atom. The maximum absolute atomic E-state index is 12.8. The van der Waals surface area contributed by atoms with Gasteiger partial charge in [-0.3, -0.25) is 10.1 Å². The standard InChI is InChI=1S/C23H21ClF3N3O/c24-20-8-4-7-18(29-20)19(30-21(22(28)31)16-5-2-1-3-6-16)14-11-15-9-12-17(13-10-15)23(25,26)27/h1-10,12-13,19,21,30H,11,14H2,(H2,28,31). The molecule has 2 atom stereocenters. The van der Waals surface area contributed by atoms with Gasteiger partial charge in [0.05, 0.1) is 17.3 Å². The average Bonchev–Trinajstić information content (AvgIpc) is 2.74. The molecule has 2 unspecified atom stereocenters. The highest BCUT2D eigenvalue weighted by Gasteiger charge is 2.30. The highest BCUT2D eigenvalue weighted by molar-refractivity contribution is 6.29. The number of carbonyl (C=O) groups excluding carboxylic acids is 1. The summed E-state index contributed by atoms with van der Waals surface area (Å²) >= 11 is 6.05. The molecule has 1 aromatic heterocycles. The van der Waals surface area contributed by atoms with Crippen molar-refractivity contribution in [2.75, 3.05) is 0 Å². The van der Waals surface area contributed by atoms with E-state index in [0.29, 0.717) is 29.3 Å². The number of halogens is 4. The maximum atomic E-state index is 12.8. The van der Waals surface area contributed by atoms with E-state index in [-0.39, 0.29) is 0 Å². The highest BCUT2D eigenvalue weighted by atomic mass is 35.5. The molecule has 0 saturated heterocycles. The molecule has 2 aromatic carbocycles. The summed E-state index contributed by atoms with van der Waals surface area (Å²) in [6, 6.07) is 18.1. The lowest BCUT2D eigenvalue weighted by Crippen LogP contribution is -2.36. The predicted octanol–water partition coefficient (Wildman–Crippen LogP) is 5.24. The molecule has 3 aromatic rings. The summed E-state index contributed by atoms with van der Waals surface area (Å²) in [6.45, 7) is 0. The topological polar surface area (TPSA) is 68.0 Å². The highest BCUT2D eigenvalue weighted by Crippen LogP contribution is 2.30. The van der Waals surface area contributed by atoms with Crippen molar-refractivity contribution in [3.8, 4) is 0 Å². The third-order valence-electron chi connectivity index (χ3n) is 4.88. The fraction of sp³-hybridized carbons (Fsp3) is 0.217. The number of nitrogens with two attached hydrogens (primary N) is 1. The molecule has 1 amide bonds. The largest absolute Gasteiger partial charge is 0.416 e.